The van der Waals surface area contributed by atoms with Crippen molar-refractivity contribution in [1.29, 1.82) is 0 Å². The molecule has 1 heterocycles. The number of hydrogen-bond acceptors (Lipinski definition) is 2. The predicted molar refractivity (Wildman–Crippen MR) is 54.9 cm³/mol. The molecular weight excluding hydrogens is 176 g/mol. The van der Waals surface area contributed by atoms with Crippen LogP contribution in [0.1, 0.15) is 32.6 Å². The maximum atomic E-state index is 5.82. The summed E-state index contributed by atoms with van der Waals surface area (Å²) in [5.41, 5.74) is 0.894. The minimum atomic E-state index is -0.207. The number of benzene rings is 1. The van der Waals surface area contributed by atoms with Gasteiger partial charge in [0.05, 0.1) is 11.7 Å². The Morgan fingerprint density at radius 2 is 1.79 bits per heavy atom. The van der Waals surface area contributed by atoms with E-state index in [9.17, 15) is 0 Å². The Hall–Kier alpha value is -0.860. The van der Waals surface area contributed by atoms with Gasteiger partial charge in [-0.1, -0.05) is 30.3 Å². The standard InChI is InChI=1S/C12H16O2/c1-9-12(2,3)14-11(13-9)10-7-5-4-6-8-10/h4-9,11H,1-3H3/t9-,11?/m0/s1. The second-order valence-electron chi connectivity index (χ2n) is 4.24. The minimum Gasteiger partial charge on any atom is -0.342 e. The molecule has 0 saturated carbocycles. The molecule has 0 aliphatic carbocycles. The third kappa shape index (κ3) is 1.68. The molecule has 76 valence electrons. The average molecular weight is 192 g/mol. The lowest BCUT2D eigenvalue weighted by Gasteiger charge is -2.19. The molecule has 2 nitrogen and oxygen atoms in total. The van der Waals surface area contributed by atoms with Crippen LogP contribution >= 0.6 is 0 Å². The lowest BCUT2D eigenvalue weighted by atomic mass is 10.0. The zero-order valence-corrected chi connectivity index (χ0v) is 8.86. The van der Waals surface area contributed by atoms with Crippen LogP contribution in [0.2, 0.25) is 0 Å². The molecule has 14 heavy (non-hydrogen) atoms. The summed E-state index contributed by atoms with van der Waals surface area (Å²) in [6, 6.07) is 10.0. The van der Waals surface area contributed by atoms with E-state index < -0.39 is 0 Å². The molecule has 0 aromatic heterocycles. The smallest absolute Gasteiger partial charge is 0.185 e. The van der Waals surface area contributed by atoms with E-state index in [1.54, 1.807) is 0 Å². The average Bonchev–Trinajstić information content (AvgIpc) is 2.43. The molecule has 1 aromatic carbocycles. The summed E-state index contributed by atoms with van der Waals surface area (Å²) in [5, 5.41) is 0. The van der Waals surface area contributed by atoms with E-state index in [1.807, 2.05) is 37.3 Å². The Morgan fingerprint density at radius 1 is 1.14 bits per heavy atom. The zero-order chi connectivity index (χ0) is 10.2. The van der Waals surface area contributed by atoms with Gasteiger partial charge in [-0.2, -0.15) is 0 Å². The van der Waals surface area contributed by atoms with E-state index in [0.717, 1.165) is 5.56 Å². The van der Waals surface area contributed by atoms with Crippen LogP contribution in [-0.4, -0.2) is 11.7 Å². The molecule has 1 saturated heterocycles. The number of ether oxygens (including phenoxy) is 2. The van der Waals surface area contributed by atoms with E-state index in [1.165, 1.54) is 0 Å². The molecule has 1 aliphatic heterocycles. The minimum absolute atomic E-state index is 0.132. The van der Waals surface area contributed by atoms with Gasteiger partial charge in [0, 0.05) is 5.56 Å². The Labute approximate surface area is 84.8 Å². The largest absolute Gasteiger partial charge is 0.342 e. The first-order valence-electron chi connectivity index (χ1n) is 4.98. The van der Waals surface area contributed by atoms with Crippen LogP contribution in [0.3, 0.4) is 0 Å². The van der Waals surface area contributed by atoms with Gasteiger partial charge in [-0.05, 0) is 20.8 Å². The molecule has 0 spiro atoms. The molecule has 1 fully saturated rings. The van der Waals surface area contributed by atoms with Crippen molar-refractivity contribution in [2.45, 2.75) is 38.8 Å². The molecule has 0 radical (unpaired) electrons. The molecular formula is C12H16O2. The van der Waals surface area contributed by atoms with Crippen molar-refractivity contribution < 1.29 is 9.47 Å². The van der Waals surface area contributed by atoms with Crippen molar-refractivity contribution in [2.75, 3.05) is 0 Å². The van der Waals surface area contributed by atoms with Crippen LogP contribution in [0, 0.1) is 0 Å². The molecule has 2 rings (SSSR count). The van der Waals surface area contributed by atoms with Crippen molar-refractivity contribution in [3.63, 3.8) is 0 Å². The van der Waals surface area contributed by atoms with Gasteiger partial charge in [0.1, 0.15) is 0 Å². The van der Waals surface area contributed by atoms with Crippen molar-refractivity contribution >= 4 is 0 Å². The summed E-state index contributed by atoms with van der Waals surface area (Å²) in [6.07, 6.45) is -0.0751. The molecule has 1 aliphatic rings. The fourth-order valence-corrected chi connectivity index (χ4v) is 1.51. The van der Waals surface area contributed by atoms with Gasteiger partial charge in [-0.15, -0.1) is 0 Å². The highest BCUT2D eigenvalue weighted by Crippen LogP contribution is 2.37. The highest BCUT2D eigenvalue weighted by Gasteiger charge is 2.40. The highest BCUT2D eigenvalue weighted by molar-refractivity contribution is 5.17. The molecule has 2 atom stereocenters. The van der Waals surface area contributed by atoms with Gasteiger partial charge in [-0.3, -0.25) is 0 Å². The van der Waals surface area contributed by atoms with Crippen LogP contribution in [0.5, 0.6) is 0 Å². The number of hydrogen-bond donors (Lipinski definition) is 0. The molecule has 0 bridgehead atoms. The third-order valence-corrected chi connectivity index (χ3v) is 2.79. The number of rotatable bonds is 1. The lowest BCUT2D eigenvalue weighted by molar-refractivity contribution is -0.0831. The Kier molecular flexibility index (Phi) is 2.33. The first kappa shape index (κ1) is 9.69. The van der Waals surface area contributed by atoms with Crippen LogP contribution in [0.25, 0.3) is 0 Å². The van der Waals surface area contributed by atoms with Crippen LogP contribution < -0.4 is 0 Å². The summed E-state index contributed by atoms with van der Waals surface area (Å²) >= 11 is 0. The summed E-state index contributed by atoms with van der Waals surface area (Å²) in [4.78, 5) is 0. The fourth-order valence-electron chi connectivity index (χ4n) is 1.51. The quantitative estimate of drug-likeness (QED) is 0.681. The molecule has 0 N–H and O–H groups in total. The Balaban J connectivity index is 2.17. The van der Waals surface area contributed by atoms with E-state index in [2.05, 4.69) is 13.8 Å². The second kappa shape index (κ2) is 3.37. The zero-order valence-electron chi connectivity index (χ0n) is 8.86. The summed E-state index contributed by atoms with van der Waals surface area (Å²) < 4.78 is 11.6. The highest BCUT2D eigenvalue weighted by atomic mass is 16.7. The van der Waals surface area contributed by atoms with E-state index in [0.29, 0.717) is 0 Å². The predicted octanol–water partition coefficient (Wildman–Crippen LogP) is 2.90. The van der Waals surface area contributed by atoms with E-state index in [-0.39, 0.29) is 18.0 Å². The fraction of sp³-hybridized carbons (Fsp3) is 0.500. The van der Waals surface area contributed by atoms with Crippen LogP contribution in [0.4, 0.5) is 0 Å². The first-order chi connectivity index (χ1) is 6.59. The normalized spacial score (nSPS) is 30.5. The van der Waals surface area contributed by atoms with Gasteiger partial charge < -0.3 is 9.47 Å². The SMILES string of the molecule is C[C@@H]1OC(c2ccccc2)OC1(C)C. The van der Waals surface area contributed by atoms with Gasteiger partial charge in [0.25, 0.3) is 0 Å². The van der Waals surface area contributed by atoms with Crippen molar-refractivity contribution in [2.24, 2.45) is 0 Å². The molecule has 2 heteroatoms. The Bertz CT molecular complexity index is 305. The monoisotopic (exact) mass is 192 g/mol. The van der Waals surface area contributed by atoms with Crippen molar-refractivity contribution in [3.05, 3.63) is 35.9 Å². The van der Waals surface area contributed by atoms with Crippen LogP contribution in [0.15, 0.2) is 30.3 Å². The lowest BCUT2D eigenvalue weighted by Crippen LogP contribution is -2.29. The summed E-state index contributed by atoms with van der Waals surface area (Å²) in [5.74, 6) is 0. The van der Waals surface area contributed by atoms with Crippen LogP contribution in [-0.2, 0) is 9.47 Å². The Morgan fingerprint density at radius 3 is 2.29 bits per heavy atom. The summed E-state index contributed by atoms with van der Waals surface area (Å²) in [6.45, 7) is 6.16. The van der Waals surface area contributed by atoms with Gasteiger partial charge >= 0.3 is 0 Å². The second-order valence-corrected chi connectivity index (χ2v) is 4.24. The third-order valence-electron chi connectivity index (χ3n) is 2.79. The van der Waals surface area contributed by atoms with E-state index >= 15 is 0 Å². The molecule has 0 amide bonds. The first-order valence-corrected chi connectivity index (χ1v) is 4.98. The maximum absolute atomic E-state index is 5.82. The van der Waals surface area contributed by atoms with Gasteiger partial charge in [-0.25, -0.2) is 0 Å². The van der Waals surface area contributed by atoms with E-state index in [4.69, 9.17) is 9.47 Å². The van der Waals surface area contributed by atoms with Gasteiger partial charge in [0.2, 0.25) is 0 Å². The molecule has 1 unspecified atom stereocenters. The molecule has 1 aromatic rings. The summed E-state index contributed by atoms with van der Waals surface area (Å²) in [7, 11) is 0. The van der Waals surface area contributed by atoms with Crippen molar-refractivity contribution in [3.8, 4) is 0 Å². The maximum Gasteiger partial charge on any atom is 0.185 e. The van der Waals surface area contributed by atoms with Gasteiger partial charge in [0.15, 0.2) is 6.29 Å². The van der Waals surface area contributed by atoms with Crippen molar-refractivity contribution in [1.82, 2.24) is 0 Å². The topological polar surface area (TPSA) is 18.5 Å².